The third kappa shape index (κ3) is 4.54. The van der Waals surface area contributed by atoms with Gasteiger partial charge >= 0.3 is 5.97 Å². The molecule has 0 saturated heterocycles. The van der Waals surface area contributed by atoms with Crippen LogP contribution in [0.3, 0.4) is 0 Å². The van der Waals surface area contributed by atoms with Crippen LogP contribution in [-0.2, 0) is 4.79 Å². The highest BCUT2D eigenvalue weighted by atomic mass is 19.1. The monoisotopic (exact) mass is 349 g/mol. The molecule has 130 valence electrons. The van der Waals surface area contributed by atoms with Gasteiger partial charge in [0.05, 0.1) is 5.69 Å². The van der Waals surface area contributed by atoms with E-state index in [-0.39, 0.29) is 12.4 Å². The molecule has 0 saturated carbocycles. The quantitative estimate of drug-likeness (QED) is 0.656. The van der Waals surface area contributed by atoms with Crippen molar-refractivity contribution in [1.82, 2.24) is 0 Å². The number of ether oxygens (including phenoxy) is 1. The van der Waals surface area contributed by atoms with Gasteiger partial charge in [-0.25, -0.2) is 9.18 Å². The van der Waals surface area contributed by atoms with Crippen LogP contribution in [0.4, 0.5) is 10.1 Å². The lowest BCUT2D eigenvalue weighted by Crippen LogP contribution is -2.09. The van der Waals surface area contributed by atoms with E-state index >= 15 is 0 Å². The van der Waals surface area contributed by atoms with Gasteiger partial charge in [0, 0.05) is 11.8 Å². The van der Waals surface area contributed by atoms with Crippen LogP contribution in [0.1, 0.15) is 5.56 Å². The highest BCUT2D eigenvalue weighted by molar-refractivity contribution is 5.84. The van der Waals surface area contributed by atoms with Gasteiger partial charge in [-0.15, -0.1) is 0 Å². The molecule has 0 fully saturated rings. The molecule has 3 aromatic carbocycles. The van der Waals surface area contributed by atoms with Crippen molar-refractivity contribution < 1.29 is 19.0 Å². The highest BCUT2D eigenvalue weighted by Crippen LogP contribution is 2.23. The molecule has 0 heterocycles. The van der Waals surface area contributed by atoms with Crippen molar-refractivity contribution >= 4 is 17.9 Å². The summed E-state index contributed by atoms with van der Waals surface area (Å²) in [5.74, 6) is -0.826. The fourth-order valence-electron chi connectivity index (χ4n) is 2.40. The molecule has 0 radical (unpaired) electrons. The third-order valence-corrected chi connectivity index (χ3v) is 3.63. The van der Waals surface area contributed by atoms with E-state index in [4.69, 9.17) is 9.84 Å². The zero-order chi connectivity index (χ0) is 18.4. The van der Waals surface area contributed by atoms with E-state index in [1.807, 2.05) is 24.3 Å². The van der Waals surface area contributed by atoms with Crippen LogP contribution in [0, 0.1) is 5.82 Å². The summed E-state index contributed by atoms with van der Waals surface area (Å²) in [6, 6.07) is 20.9. The topological polar surface area (TPSA) is 58.9 Å². The molecule has 3 aromatic rings. The van der Waals surface area contributed by atoms with Crippen molar-refractivity contribution in [2.24, 2.45) is 4.99 Å². The summed E-state index contributed by atoms with van der Waals surface area (Å²) in [6.07, 6.45) is 1.69. The van der Waals surface area contributed by atoms with E-state index in [2.05, 4.69) is 4.99 Å². The van der Waals surface area contributed by atoms with Gasteiger partial charge in [0.1, 0.15) is 11.6 Å². The number of carboxylic acid groups (broad SMARTS) is 1. The molecular weight excluding hydrogens is 333 g/mol. The number of aliphatic carboxylic acids is 1. The third-order valence-electron chi connectivity index (χ3n) is 3.63. The lowest BCUT2D eigenvalue weighted by atomic mass is 10.0. The van der Waals surface area contributed by atoms with Gasteiger partial charge in [-0.2, -0.15) is 0 Å². The summed E-state index contributed by atoms with van der Waals surface area (Å²) in [7, 11) is 0. The number of hydrogen-bond acceptors (Lipinski definition) is 3. The first-order chi connectivity index (χ1) is 12.6. The molecule has 0 amide bonds. The summed E-state index contributed by atoms with van der Waals surface area (Å²) in [6.45, 7) is -0.383. The number of carboxylic acids is 1. The maximum atomic E-state index is 13.9. The number of halogens is 1. The van der Waals surface area contributed by atoms with Crippen LogP contribution in [0.2, 0.25) is 0 Å². The molecule has 0 bridgehead atoms. The summed E-state index contributed by atoms with van der Waals surface area (Å²) in [5.41, 5.74) is 2.87. The van der Waals surface area contributed by atoms with E-state index in [1.165, 1.54) is 6.07 Å². The zero-order valence-electron chi connectivity index (χ0n) is 13.8. The predicted molar refractivity (Wildman–Crippen MR) is 98.7 cm³/mol. The number of aliphatic imine (C=N–C) groups is 1. The SMILES string of the molecule is O=C(O)COc1ccc(N=Cc2cccc(-c3ccccc3F)c2)cc1. The molecule has 4 nitrogen and oxygen atoms in total. The molecule has 0 aliphatic carbocycles. The highest BCUT2D eigenvalue weighted by Gasteiger charge is 2.04. The molecule has 26 heavy (non-hydrogen) atoms. The van der Waals surface area contributed by atoms with Gasteiger partial charge in [0.25, 0.3) is 0 Å². The van der Waals surface area contributed by atoms with E-state index in [1.54, 1.807) is 48.7 Å². The van der Waals surface area contributed by atoms with Crippen molar-refractivity contribution in [2.45, 2.75) is 0 Å². The van der Waals surface area contributed by atoms with Crippen LogP contribution in [0.25, 0.3) is 11.1 Å². The fraction of sp³-hybridized carbons (Fsp3) is 0.0476. The molecule has 1 N–H and O–H groups in total. The van der Waals surface area contributed by atoms with Crippen molar-refractivity contribution in [3.05, 3.63) is 84.2 Å². The van der Waals surface area contributed by atoms with Crippen molar-refractivity contribution in [3.63, 3.8) is 0 Å². The van der Waals surface area contributed by atoms with Gasteiger partial charge in [-0.3, -0.25) is 4.99 Å². The molecular formula is C21H16FNO3. The van der Waals surface area contributed by atoms with E-state index in [9.17, 15) is 9.18 Å². The molecule has 0 aliphatic heterocycles. The van der Waals surface area contributed by atoms with Crippen molar-refractivity contribution in [2.75, 3.05) is 6.61 Å². The second kappa shape index (κ2) is 8.07. The minimum absolute atomic E-state index is 0.265. The first kappa shape index (κ1) is 17.4. The Morgan fingerprint density at radius 3 is 2.54 bits per heavy atom. The first-order valence-corrected chi connectivity index (χ1v) is 7.95. The standard InChI is InChI=1S/C21H16FNO3/c22-20-7-2-1-6-19(20)16-5-3-4-15(12-16)13-23-17-8-10-18(11-9-17)26-14-21(24)25/h1-13H,14H2,(H,24,25). The predicted octanol–water partition coefficient (Wildman–Crippen LogP) is 4.71. The zero-order valence-corrected chi connectivity index (χ0v) is 13.8. The Morgan fingerprint density at radius 2 is 1.81 bits per heavy atom. The van der Waals surface area contributed by atoms with Gasteiger partial charge in [-0.1, -0.05) is 36.4 Å². The van der Waals surface area contributed by atoms with Gasteiger partial charge < -0.3 is 9.84 Å². The Hall–Kier alpha value is -3.47. The second-order valence-corrected chi connectivity index (χ2v) is 5.54. The van der Waals surface area contributed by atoms with Crippen molar-refractivity contribution in [3.8, 4) is 16.9 Å². The lowest BCUT2D eigenvalue weighted by Gasteiger charge is -2.04. The number of carbonyl (C=O) groups is 1. The van der Waals surface area contributed by atoms with E-state index in [0.717, 1.165) is 11.1 Å². The second-order valence-electron chi connectivity index (χ2n) is 5.54. The molecule has 0 spiro atoms. The molecule has 0 aromatic heterocycles. The fourth-order valence-corrected chi connectivity index (χ4v) is 2.40. The van der Waals surface area contributed by atoms with Crippen LogP contribution in [-0.4, -0.2) is 23.9 Å². The minimum Gasteiger partial charge on any atom is -0.482 e. The smallest absolute Gasteiger partial charge is 0.341 e. The average Bonchev–Trinajstić information content (AvgIpc) is 2.66. The molecule has 0 unspecified atom stereocenters. The maximum Gasteiger partial charge on any atom is 0.341 e. The van der Waals surface area contributed by atoms with Crippen LogP contribution < -0.4 is 4.74 Å². The van der Waals surface area contributed by atoms with Crippen LogP contribution in [0.5, 0.6) is 5.75 Å². The maximum absolute atomic E-state index is 13.9. The molecule has 5 heteroatoms. The Balaban J connectivity index is 1.74. The number of hydrogen-bond donors (Lipinski definition) is 1. The average molecular weight is 349 g/mol. The largest absolute Gasteiger partial charge is 0.482 e. The summed E-state index contributed by atoms with van der Waals surface area (Å²) < 4.78 is 19.0. The van der Waals surface area contributed by atoms with Crippen molar-refractivity contribution in [1.29, 1.82) is 0 Å². The lowest BCUT2D eigenvalue weighted by molar-refractivity contribution is -0.139. The van der Waals surface area contributed by atoms with Gasteiger partial charge in [0.2, 0.25) is 0 Å². The number of nitrogens with zero attached hydrogens (tertiary/aromatic N) is 1. The molecule has 0 aliphatic rings. The van der Waals surface area contributed by atoms with E-state index < -0.39 is 5.97 Å². The minimum atomic E-state index is -1.03. The summed E-state index contributed by atoms with van der Waals surface area (Å²) in [4.78, 5) is 14.9. The first-order valence-electron chi connectivity index (χ1n) is 7.95. The summed E-state index contributed by atoms with van der Waals surface area (Å²) >= 11 is 0. The molecule has 3 rings (SSSR count). The number of benzene rings is 3. The molecule has 0 atom stereocenters. The van der Waals surface area contributed by atoms with E-state index in [0.29, 0.717) is 17.0 Å². The normalized spacial score (nSPS) is 10.8. The van der Waals surface area contributed by atoms with Gasteiger partial charge in [0.15, 0.2) is 6.61 Å². The Morgan fingerprint density at radius 1 is 1.04 bits per heavy atom. The Kier molecular flexibility index (Phi) is 5.39. The Bertz CT molecular complexity index is 936. The van der Waals surface area contributed by atoms with Crippen LogP contribution in [0.15, 0.2) is 77.8 Å². The summed E-state index contributed by atoms with van der Waals surface area (Å²) in [5, 5.41) is 8.59. The Labute approximate surface area is 150 Å². The van der Waals surface area contributed by atoms with Gasteiger partial charge in [-0.05, 0) is 47.5 Å². The number of rotatable bonds is 6. The van der Waals surface area contributed by atoms with Crippen LogP contribution >= 0.6 is 0 Å².